The number of nitrogen functional groups attached to an aromatic ring is 1. The molecule has 2 aromatic rings. The van der Waals surface area contributed by atoms with E-state index in [-0.39, 0.29) is 0 Å². The molecule has 0 aliphatic carbocycles. The maximum atomic E-state index is 5.67. The smallest absolute Gasteiger partial charge is 0.146 e. The van der Waals surface area contributed by atoms with E-state index in [0.29, 0.717) is 11.7 Å². The monoisotopic (exact) mass is 213 g/mol. The molecular weight excluding hydrogens is 198 g/mol. The zero-order valence-electron chi connectivity index (χ0n) is 9.51. The number of anilines is 1. The second-order valence-electron chi connectivity index (χ2n) is 4.09. The molecule has 2 rings (SSSR count). The van der Waals surface area contributed by atoms with Gasteiger partial charge in [0.2, 0.25) is 0 Å². The van der Waals surface area contributed by atoms with Crippen LogP contribution in [-0.2, 0) is 0 Å². The van der Waals surface area contributed by atoms with E-state index in [4.69, 9.17) is 5.73 Å². The van der Waals surface area contributed by atoms with E-state index in [0.717, 1.165) is 16.8 Å². The van der Waals surface area contributed by atoms with E-state index in [2.05, 4.69) is 24.0 Å². The molecule has 3 nitrogen and oxygen atoms in total. The summed E-state index contributed by atoms with van der Waals surface area (Å²) in [4.78, 5) is 0. The molecule has 0 unspecified atom stereocenters. The number of rotatable bonds is 2. The minimum absolute atomic E-state index is 0.382. The fourth-order valence-corrected chi connectivity index (χ4v) is 1.68. The van der Waals surface area contributed by atoms with Crippen molar-refractivity contribution in [3.63, 3.8) is 0 Å². The fraction of sp³-hybridized carbons (Fsp3) is 0.231. The Morgan fingerprint density at radius 3 is 2.38 bits per heavy atom. The first-order chi connectivity index (χ1) is 7.68. The standard InChI is InChI=1S/C13H15N3/c1-9(2)11-8-12(14)15-16-13(11)10-6-4-3-5-7-10/h3-9H,1-2H3,(H2,14,15). The third-order valence-electron chi connectivity index (χ3n) is 2.51. The second-order valence-corrected chi connectivity index (χ2v) is 4.09. The Kier molecular flexibility index (Phi) is 2.86. The topological polar surface area (TPSA) is 51.8 Å². The number of aromatic nitrogens is 2. The van der Waals surface area contributed by atoms with Crippen molar-refractivity contribution in [3.8, 4) is 11.3 Å². The molecule has 0 bridgehead atoms. The molecule has 3 heteroatoms. The van der Waals surface area contributed by atoms with E-state index < -0.39 is 0 Å². The predicted molar refractivity (Wildman–Crippen MR) is 66.0 cm³/mol. The van der Waals surface area contributed by atoms with Gasteiger partial charge < -0.3 is 5.73 Å². The number of hydrogen-bond acceptors (Lipinski definition) is 3. The Balaban J connectivity index is 2.57. The van der Waals surface area contributed by atoms with Crippen molar-refractivity contribution in [2.24, 2.45) is 0 Å². The van der Waals surface area contributed by atoms with Gasteiger partial charge in [-0.05, 0) is 17.5 Å². The van der Waals surface area contributed by atoms with Crippen LogP contribution in [0.4, 0.5) is 5.82 Å². The zero-order chi connectivity index (χ0) is 11.5. The largest absolute Gasteiger partial charge is 0.382 e. The number of nitrogens with two attached hydrogens (primary N) is 1. The van der Waals surface area contributed by atoms with Gasteiger partial charge in [-0.2, -0.15) is 0 Å². The summed E-state index contributed by atoms with van der Waals surface area (Å²) < 4.78 is 0. The Bertz CT molecular complexity index is 478. The zero-order valence-corrected chi connectivity index (χ0v) is 9.51. The summed E-state index contributed by atoms with van der Waals surface area (Å²) in [7, 11) is 0. The summed E-state index contributed by atoms with van der Waals surface area (Å²) in [5.41, 5.74) is 8.81. The van der Waals surface area contributed by atoms with Crippen LogP contribution < -0.4 is 5.73 Å². The van der Waals surface area contributed by atoms with Crippen LogP contribution in [0.15, 0.2) is 36.4 Å². The first-order valence-corrected chi connectivity index (χ1v) is 5.37. The van der Waals surface area contributed by atoms with Crippen molar-refractivity contribution >= 4 is 5.82 Å². The van der Waals surface area contributed by atoms with Crippen LogP contribution in [0.5, 0.6) is 0 Å². The molecule has 1 heterocycles. The predicted octanol–water partition coefficient (Wildman–Crippen LogP) is 2.85. The van der Waals surface area contributed by atoms with E-state index >= 15 is 0 Å². The van der Waals surface area contributed by atoms with Crippen molar-refractivity contribution in [3.05, 3.63) is 42.0 Å². The Labute approximate surface area is 95.3 Å². The molecule has 0 aliphatic heterocycles. The van der Waals surface area contributed by atoms with E-state index in [1.807, 2.05) is 36.4 Å². The average molecular weight is 213 g/mol. The van der Waals surface area contributed by atoms with Crippen LogP contribution in [0.25, 0.3) is 11.3 Å². The lowest BCUT2D eigenvalue weighted by molar-refractivity contribution is 0.848. The summed E-state index contributed by atoms with van der Waals surface area (Å²) in [6.07, 6.45) is 0. The Hall–Kier alpha value is -1.90. The number of benzene rings is 1. The molecule has 16 heavy (non-hydrogen) atoms. The van der Waals surface area contributed by atoms with Crippen LogP contribution in [0, 0.1) is 0 Å². The van der Waals surface area contributed by atoms with Crippen molar-refractivity contribution in [1.29, 1.82) is 0 Å². The van der Waals surface area contributed by atoms with Crippen LogP contribution >= 0.6 is 0 Å². The molecule has 0 saturated carbocycles. The van der Waals surface area contributed by atoms with Crippen LogP contribution in [-0.4, -0.2) is 10.2 Å². The Morgan fingerprint density at radius 1 is 1.06 bits per heavy atom. The first kappa shape index (κ1) is 10.6. The molecule has 0 saturated heterocycles. The van der Waals surface area contributed by atoms with Crippen molar-refractivity contribution in [2.45, 2.75) is 19.8 Å². The highest BCUT2D eigenvalue weighted by Crippen LogP contribution is 2.27. The maximum Gasteiger partial charge on any atom is 0.146 e. The van der Waals surface area contributed by atoms with Crippen LogP contribution in [0.1, 0.15) is 25.3 Å². The van der Waals surface area contributed by atoms with Gasteiger partial charge in [-0.15, -0.1) is 10.2 Å². The molecule has 0 aliphatic rings. The molecule has 0 spiro atoms. The molecule has 82 valence electrons. The highest BCUT2D eigenvalue weighted by Gasteiger charge is 2.11. The van der Waals surface area contributed by atoms with Crippen molar-refractivity contribution in [2.75, 3.05) is 5.73 Å². The van der Waals surface area contributed by atoms with Gasteiger partial charge in [-0.3, -0.25) is 0 Å². The number of nitrogens with zero attached hydrogens (tertiary/aromatic N) is 2. The van der Waals surface area contributed by atoms with E-state index in [9.17, 15) is 0 Å². The highest BCUT2D eigenvalue weighted by atomic mass is 15.1. The van der Waals surface area contributed by atoms with Gasteiger partial charge in [-0.1, -0.05) is 44.2 Å². The molecule has 1 aromatic carbocycles. The quantitative estimate of drug-likeness (QED) is 0.834. The summed E-state index contributed by atoms with van der Waals surface area (Å²) in [5, 5.41) is 8.12. The maximum absolute atomic E-state index is 5.67. The lowest BCUT2D eigenvalue weighted by atomic mass is 9.98. The van der Waals surface area contributed by atoms with Gasteiger partial charge in [-0.25, -0.2) is 0 Å². The van der Waals surface area contributed by atoms with Crippen molar-refractivity contribution < 1.29 is 0 Å². The summed E-state index contributed by atoms with van der Waals surface area (Å²) in [6, 6.07) is 12.0. The summed E-state index contributed by atoms with van der Waals surface area (Å²) in [6.45, 7) is 4.26. The highest BCUT2D eigenvalue weighted by molar-refractivity contribution is 5.64. The summed E-state index contributed by atoms with van der Waals surface area (Å²) in [5.74, 6) is 0.858. The fourth-order valence-electron chi connectivity index (χ4n) is 1.68. The summed E-state index contributed by atoms with van der Waals surface area (Å²) >= 11 is 0. The third-order valence-corrected chi connectivity index (χ3v) is 2.51. The van der Waals surface area contributed by atoms with E-state index in [1.165, 1.54) is 0 Å². The second kappa shape index (κ2) is 4.31. The van der Waals surface area contributed by atoms with Gasteiger partial charge in [0.1, 0.15) is 5.82 Å². The van der Waals surface area contributed by atoms with Crippen molar-refractivity contribution in [1.82, 2.24) is 10.2 Å². The third kappa shape index (κ3) is 2.03. The van der Waals surface area contributed by atoms with Gasteiger partial charge >= 0.3 is 0 Å². The number of hydrogen-bond donors (Lipinski definition) is 1. The molecular formula is C13H15N3. The first-order valence-electron chi connectivity index (χ1n) is 5.37. The SMILES string of the molecule is CC(C)c1cc(N)nnc1-c1ccccc1. The minimum Gasteiger partial charge on any atom is -0.382 e. The van der Waals surface area contributed by atoms with Gasteiger partial charge in [0.15, 0.2) is 0 Å². The van der Waals surface area contributed by atoms with E-state index in [1.54, 1.807) is 0 Å². The average Bonchev–Trinajstić information content (AvgIpc) is 2.30. The lowest BCUT2D eigenvalue weighted by Crippen LogP contribution is -2.01. The van der Waals surface area contributed by atoms with Crippen LogP contribution in [0.2, 0.25) is 0 Å². The van der Waals surface area contributed by atoms with Gasteiger partial charge in [0.05, 0.1) is 5.69 Å². The molecule has 0 fully saturated rings. The molecule has 1 aromatic heterocycles. The molecule has 0 atom stereocenters. The van der Waals surface area contributed by atoms with Crippen LogP contribution in [0.3, 0.4) is 0 Å². The molecule has 2 N–H and O–H groups in total. The molecule has 0 radical (unpaired) electrons. The molecule has 0 amide bonds. The lowest BCUT2D eigenvalue weighted by Gasteiger charge is -2.11. The van der Waals surface area contributed by atoms with Gasteiger partial charge in [0, 0.05) is 5.56 Å². The Morgan fingerprint density at radius 2 is 1.75 bits per heavy atom. The normalized spacial score (nSPS) is 10.7. The minimum atomic E-state index is 0.382. The van der Waals surface area contributed by atoms with Gasteiger partial charge in [0.25, 0.3) is 0 Å².